The smallest absolute Gasteiger partial charge is 0.209 e. The van der Waals surface area contributed by atoms with E-state index in [9.17, 15) is 0 Å². The second kappa shape index (κ2) is 9.50. The van der Waals surface area contributed by atoms with Crippen LogP contribution in [0.2, 0.25) is 25.7 Å². The highest BCUT2D eigenvalue weighted by Crippen LogP contribution is 2.19. The van der Waals surface area contributed by atoms with Crippen LogP contribution in [-0.4, -0.2) is 62.3 Å². The van der Waals surface area contributed by atoms with Gasteiger partial charge in [0.1, 0.15) is 24.6 Å². The number of methoxy groups -OCH3 is 2. The van der Waals surface area contributed by atoms with Gasteiger partial charge in [-0.1, -0.05) is 33.5 Å². The van der Waals surface area contributed by atoms with Crippen molar-refractivity contribution in [3.63, 3.8) is 0 Å². The average Bonchev–Trinajstić information content (AvgIpc) is 3.04. The van der Waals surface area contributed by atoms with Crippen molar-refractivity contribution < 1.29 is 14.2 Å². The summed E-state index contributed by atoms with van der Waals surface area (Å²) in [6.45, 7) is 12.5. The number of nitrogens with zero attached hydrogens (tertiary/aromatic N) is 4. The first-order valence-electron chi connectivity index (χ1n) is 9.56. The lowest BCUT2D eigenvalue weighted by molar-refractivity contribution is 0.0850. The van der Waals surface area contributed by atoms with Crippen molar-refractivity contribution in [3.8, 4) is 0 Å². The lowest BCUT2D eigenvalue weighted by Gasteiger charge is -2.27. The molecule has 27 heavy (non-hydrogen) atoms. The minimum atomic E-state index is -1.08. The van der Waals surface area contributed by atoms with E-state index < -0.39 is 8.07 Å². The highest BCUT2D eigenvalue weighted by molar-refractivity contribution is 6.76. The zero-order valence-corrected chi connectivity index (χ0v) is 18.7. The normalized spacial score (nSPS) is 20.4. The molecule has 152 valence electrons. The van der Waals surface area contributed by atoms with Crippen LogP contribution in [-0.2, 0) is 27.4 Å². The predicted molar refractivity (Wildman–Crippen MR) is 111 cm³/mol. The van der Waals surface area contributed by atoms with Gasteiger partial charge in [0.05, 0.1) is 14.2 Å². The summed E-state index contributed by atoms with van der Waals surface area (Å²) < 4.78 is 18.9. The number of aliphatic imine (C=N–C) groups is 2. The van der Waals surface area contributed by atoms with Crippen molar-refractivity contribution in [2.75, 3.05) is 20.8 Å². The van der Waals surface area contributed by atoms with E-state index in [-0.39, 0.29) is 18.0 Å². The molecule has 0 aromatic carbocycles. The van der Waals surface area contributed by atoms with E-state index in [0.29, 0.717) is 24.9 Å². The molecule has 0 radical (unpaired) electrons. The molecule has 1 unspecified atom stereocenters. The van der Waals surface area contributed by atoms with E-state index in [4.69, 9.17) is 24.2 Å². The van der Waals surface area contributed by atoms with Crippen LogP contribution in [0.4, 0.5) is 0 Å². The zero-order chi connectivity index (χ0) is 20.0. The molecule has 0 amide bonds. The molecule has 2 rings (SSSR count). The van der Waals surface area contributed by atoms with Gasteiger partial charge in [0.15, 0.2) is 0 Å². The van der Waals surface area contributed by atoms with E-state index in [1.165, 1.54) is 0 Å². The standard InChI is InChI=1S/C19H34N4O3Si/c1-14(2)17-19(25-4)21-15(18(22-17)24-3)12-16-20-8-9-23(16)13-26-10-11-27(5,6)7/h8-9,14-15,17H,10-13H2,1-7H3/t15?,17-/m1/s1. The largest absolute Gasteiger partial charge is 0.483 e. The Morgan fingerprint density at radius 3 is 2.41 bits per heavy atom. The van der Waals surface area contributed by atoms with Crippen LogP contribution < -0.4 is 0 Å². The molecule has 0 N–H and O–H groups in total. The molecule has 0 saturated carbocycles. The first kappa shape index (κ1) is 21.6. The highest BCUT2D eigenvalue weighted by Gasteiger charge is 2.31. The van der Waals surface area contributed by atoms with Gasteiger partial charge >= 0.3 is 0 Å². The molecule has 0 fully saturated rings. The summed E-state index contributed by atoms with van der Waals surface area (Å²) in [6, 6.07) is 0.812. The summed E-state index contributed by atoms with van der Waals surface area (Å²) in [6.07, 6.45) is 4.32. The SMILES string of the molecule is COC1=N[C@H](C(C)C)C(OC)=NC1Cc1nccn1COCC[Si](C)(C)C. The molecule has 1 aromatic heterocycles. The predicted octanol–water partition coefficient (Wildman–Crippen LogP) is 3.23. The Labute approximate surface area is 163 Å². The number of imidazole rings is 1. The summed E-state index contributed by atoms with van der Waals surface area (Å²) in [5.74, 6) is 2.47. The van der Waals surface area contributed by atoms with Crippen LogP contribution in [0, 0.1) is 5.92 Å². The second-order valence-corrected chi connectivity index (χ2v) is 14.0. The van der Waals surface area contributed by atoms with Crippen LogP contribution in [0.25, 0.3) is 0 Å². The van der Waals surface area contributed by atoms with Crippen LogP contribution >= 0.6 is 0 Å². The van der Waals surface area contributed by atoms with E-state index in [0.717, 1.165) is 18.5 Å². The molecular formula is C19H34N4O3Si. The molecule has 0 bridgehead atoms. The molecule has 8 heteroatoms. The molecule has 0 aliphatic carbocycles. The Kier molecular flexibility index (Phi) is 7.61. The van der Waals surface area contributed by atoms with Gasteiger partial charge in [0, 0.05) is 33.5 Å². The maximum atomic E-state index is 5.86. The number of hydrogen-bond acceptors (Lipinski definition) is 6. The Morgan fingerprint density at radius 1 is 1.11 bits per heavy atom. The van der Waals surface area contributed by atoms with Crippen LogP contribution in [0.5, 0.6) is 0 Å². The van der Waals surface area contributed by atoms with Crippen molar-refractivity contribution in [2.24, 2.45) is 15.9 Å². The van der Waals surface area contributed by atoms with Gasteiger partial charge in [-0.25, -0.2) is 15.0 Å². The molecule has 1 aromatic rings. The van der Waals surface area contributed by atoms with E-state index in [1.807, 2.05) is 10.8 Å². The van der Waals surface area contributed by atoms with Crippen molar-refractivity contribution in [1.29, 1.82) is 0 Å². The van der Waals surface area contributed by atoms with Crippen LogP contribution in [0.3, 0.4) is 0 Å². The van der Waals surface area contributed by atoms with Gasteiger partial charge in [0.25, 0.3) is 0 Å². The molecule has 0 spiro atoms. The Bertz CT molecular complexity index is 664. The minimum absolute atomic E-state index is 0.106. The summed E-state index contributed by atoms with van der Waals surface area (Å²) in [5.41, 5.74) is 0. The Hall–Kier alpha value is -1.67. The van der Waals surface area contributed by atoms with Gasteiger partial charge in [-0.15, -0.1) is 0 Å². The third kappa shape index (κ3) is 6.17. The first-order chi connectivity index (χ1) is 12.7. The van der Waals surface area contributed by atoms with Gasteiger partial charge in [-0.2, -0.15) is 0 Å². The summed E-state index contributed by atoms with van der Waals surface area (Å²) in [7, 11) is 2.20. The molecule has 7 nitrogen and oxygen atoms in total. The quantitative estimate of drug-likeness (QED) is 0.501. The fraction of sp³-hybridized carbons (Fsp3) is 0.737. The third-order valence-electron chi connectivity index (χ3n) is 4.54. The van der Waals surface area contributed by atoms with E-state index >= 15 is 0 Å². The first-order valence-corrected chi connectivity index (χ1v) is 13.3. The maximum absolute atomic E-state index is 5.86. The summed E-state index contributed by atoms with van der Waals surface area (Å²) in [5, 5.41) is 0. The van der Waals surface area contributed by atoms with Gasteiger partial charge in [0.2, 0.25) is 11.8 Å². The maximum Gasteiger partial charge on any atom is 0.209 e. The Balaban J connectivity index is 2.05. The average molecular weight is 395 g/mol. The van der Waals surface area contributed by atoms with Crippen LogP contribution in [0.1, 0.15) is 19.7 Å². The fourth-order valence-electron chi connectivity index (χ4n) is 2.85. The molecule has 1 aliphatic rings. The van der Waals surface area contributed by atoms with Crippen molar-refractivity contribution >= 4 is 19.9 Å². The molecule has 1 aliphatic heterocycles. The number of hydrogen-bond donors (Lipinski definition) is 0. The summed E-state index contributed by atoms with van der Waals surface area (Å²) >= 11 is 0. The lowest BCUT2D eigenvalue weighted by Crippen LogP contribution is -2.38. The number of ether oxygens (including phenoxy) is 3. The van der Waals surface area contributed by atoms with Gasteiger partial charge in [-0.3, -0.25) is 0 Å². The second-order valence-electron chi connectivity index (χ2n) is 8.41. The van der Waals surface area contributed by atoms with Gasteiger partial charge < -0.3 is 18.8 Å². The summed E-state index contributed by atoms with van der Waals surface area (Å²) in [4.78, 5) is 14.0. The number of aromatic nitrogens is 2. The Morgan fingerprint density at radius 2 is 1.81 bits per heavy atom. The fourth-order valence-corrected chi connectivity index (χ4v) is 3.61. The van der Waals surface area contributed by atoms with Crippen LogP contribution in [0.15, 0.2) is 22.4 Å². The van der Waals surface area contributed by atoms with E-state index in [2.05, 4.69) is 38.5 Å². The van der Waals surface area contributed by atoms with Crippen molar-refractivity contribution in [2.45, 2.75) is 64.8 Å². The van der Waals surface area contributed by atoms with E-state index in [1.54, 1.807) is 20.4 Å². The third-order valence-corrected chi connectivity index (χ3v) is 6.25. The molecule has 2 atom stereocenters. The zero-order valence-electron chi connectivity index (χ0n) is 17.7. The minimum Gasteiger partial charge on any atom is -0.483 e. The van der Waals surface area contributed by atoms with Gasteiger partial charge in [-0.05, 0) is 12.0 Å². The molecular weight excluding hydrogens is 360 g/mol. The highest BCUT2D eigenvalue weighted by atomic mass is 28.3. The monoisotopic (exact) mass is 394 g/mol. The van der Waals surface area contributed by atoms with Crippen molar-refractivity contribution in [3.05, 3.63) is 18.2 Å². The number of rotatable bonds is 8. The molecule has 0 saturated heterocycles. The lowest BCUT2D eigenvalue weighted by atomic mass is 10.0. The molecule has 2 heterocycles. The topological polar surface area (TPSA) is 70.2 Å². The van der Waals surface area contributed by atoms with Crippen molar-refractivity contribution in [1.82, 2.24) is 9.55 Å².